The van der Waals surface area contributed by atoms with E-state index < -0.39 is 10.0 Å². The zero-order valence-corrected chi connectivity index (χ0v) is 16.8. The fourth-order valence-corrected chi connectivity index (χ4v) is 6.02. The second kappa shape index (κ2) is 6.45. The fourth-order valence-electron chi connectivity index (χ4n) is 4.12. The summed E-state index contributed by atoms with van der Waals surface area (Å²) in [5, 5.41) is 0. The molecule has 0 N–H and O–H groups in total. The number of hydrogen-bond donors (Lipinski definition) is 0. The maximum Gasteiger partial charge on any atom is 0.243 e. The molecule has 2 atom stereocenters. The van der Waals surface area contributed by atoms with Gasteiger partial charge in [0.15, 0.2) is 0 Å². The number of benzene rings is 1. The Morgan fingerprint density at radius 2 is 1.81 bits per heavy atom. The summed E-state index contributed by atoms with van der Waals surface area (Å²) in [5.74, 6) is 1.60. The molecular weight excluding hydrogens is 364 g/mol. The van der Waals surface area contributed by atoms with Gasteiger partial charge in [0, 0.05) is 36.4 Å². The predicted octanol–water partition coefficient (Wildman–Crippen LogP) is 2.06. The highest BCUT2D eigenvalue weighted by Gasteiger charge is 2.51. The Morgan fingerprint density at radius 1 is 1.11 bits per heavy atom. The Morgan fingerprint density at radius 3 is 2.44 bits per heavy atom. The minimum absolute atomic E-state index is 0.0224. The molecule has 2 unspecified atom stereocenters. The average molecular weight is 388 g/mol. The quantitative estimate of drug-likeness (QED) is 0.798. The molecule has 1 aromatic carbocycles. The summed E-state index contributed by atoms with van der Waals surface area (Å²) in [5.41, 5.74) is 2.83. The van der Waals surface area contributed by atoms with Crippen molar-refractivity contribution in [2.45, 2.75) is 44.2 Å². The second-order valence-corrected chi connectivity index (χ2v) is 9.17. The first-order chi connectivity index (χ1) is 12.8. The van der Waals surface area contributed by atoms with Crippen LogP contribution in [0.15, 0.2) is 29.4 Å². The molecule has 2 bridgehead atoms. The van der Waals surface area contributed by atoms with Crippen LogP contribution in [0.1, 0.15) is 23.2 Å². The summed E-state index contributed by atoms with van der Waals surface area (Å²) in [6.07, 6.45) is 2.47. The summed E-state index contributed by atoms with van der Waals surface area (Å²) >= 11 is 0. The van der Waals surface area contributed by atoms with Gasteiger partial charge >= 0.3 is 0 Å². The lowest BCUT2D eigenvalue weighted by Gasteiger charge is -2.55. The number of aromatic nitrogens is 2. The monoisotopic (exact) mass is 388 g/mol. The van der Waals surface area contributed by atoms with Gasteiger partial charge in [-0.1, -0.05) is 0 Å². The van der Waals surface area contributed by atoms with E-state index in [1.807, 2.05) is 20.8 Å². The standard InChI is InChI=1S/C19H24N4O3S/c1-12-7-17(5-6-18(12)26-4)27(24,25)23-15-8-16(23)10-22(9-15)19-13(2)14(3)20-11-21-19/h5-7,11,15-16H,8-10H2,1-4H3. The highest BCUT2D eigenvalue weighted by atomic mass is 32.2. The molecule has 0 aliphatic carbocycles. The summed E-state index contributed by atoms with van der Waals surface area (Å²) in [6.45, 7) is 7.15. The smallest absolute Gasteiger partial charge is 0.243 e. The van der Waals surface area contributed by atoms with Gasteiger partial charge in [-0.15, -0.1) is 0 Å². The van der Waals surface area contributed by atoms with E-state index in [9.17, 15) is 8.42 Å². The van der Waals surface area contributed by atoms with Gasteiger partial charge < -0.3 is 9.64 Å². The van der Waals surface area contributed by atoms with Gasteiger partial charge in [0.1, 0.15) is 17.9 Å². The number of rotatable bonds is 4. The van der Waals surface area contributed by atoms with Crippen LogP contribution in [-0.4, -0.2) is 55.0 Å². The lowest BCUT2D eigenvalue weighted by Crippen LogP contribution is -2.70. The van der Waals surface area contributed by atoms with E-state index in [4.69, 9.17) is 4.74 Å². The lowest BCUT2D eigenvalue weighted by molar-refractivity contribution is 0.0873. The maximum absolute atomic E-state index is 13.2. The molecule has 7 nitrogen and oxygen atoms in total. The molecule has 8 heteroatoms. The van der Waals surface area contributed by atoms with Gasteiger partial charge in [0.2, 0.25) is 10.0 Å². The first-order valence-electron chi connectivity index (χ1n) is 9.04. The third-order valence-corrected chi connectivity index (χ3v) is 7.68. The Labute approximate surface area is 160 Å². The van der Waals surface area contributed by atoms with Crippen LogP contribution in [0, 0.1) is 20.8 Å². The van der Waals surface area contributed by atoms with Crippen LogP contribution in [0.2, 0.25) is 0 Å². The van der Waals surface area contributed by atoms with Gasteiger partial charge in [0.25, 0.3) is 0 Å². The molecule has 5 rings (SSSR count). The van der Waals surface area contributed by atoms with Crippen LogP contribution >= 0.6 is 0 Å². The second-order valence-electron chi connectivity index (χ2n) is 7.32. The molecule has 3 saturated heterocycles. The molecule has 4 heterocycles. The van der Waals surface area contributed by atoms with Gasteiger partial charge in [-0.25, -0.2) is 18.4 Å². The molecule has 0 amide bonds. The van der Waals surface area contributed by atoms with Crippen molar-refractivity contribution in [3.05, 3.63) is 41.3 Å². The zero-order chi connectivity index (χ0) is 19.3. The van der Waals surface area contributed by atoms with Crippen LogP contribution in [0.3, 0.4) is 0 Å². The van der Waals surface area contributed by atoms with Crippen molar-refractivity contribution in [1.82, 2.24) is 14.3 Å². The van der Waals surface area contributed by atoms with Crippen LogP contribution in [0.25, 0.3) is 0 Å². The highest BCUT2D eigenvalue weighted by Crippen LogP contribution is 2.39. The number of anilines is 1. The fraction of sp³-hybridized carbons (Fsp3) is 0.474. The third-order valence-electron chi connectivity index (χ3n) is 5.68. The molecule has 0 radical (unpaired) electrons. The minimum atomic E-state index is -3.51. The Hall–Kier alpha value is -2.19. The molecule has 3 aliphatic rings. The first kappa shape index (κ1) is 18.2. The van der Waals surface area contributed by atoms with E-state index >= 15 is 0 Å². The molecule has 144 valence electrons. The van der Waals surface area contributed by atoms with Crippen molar-refractivity contribution >= 4 is 15.8 Å². The topological polar surface area (TPSA) is 75.6 Å². The lowest BCUT2D eigenvalue weighted by atomic mass is 9.91. The molecule has 2 aromatic rings. The number of piperidine rings is 1. The van der Waals surface area contributed by atoms with Crippen LogP contribution in [-0.2, 0) is 10.0 Å². The van der Waals surface area contributed by atoms with Crippen LogP contribution < -0.4 is 9.64 Å². The minimum Gasteiger partial charge on any atom is -0.496 e. The molecule has 3 fully saturated rings. The molecule has 27 heavy (non-hydrogen) atoms. The van der Waals surface area contributed by atoms with Crippen molar-refractivity contribution in [1.29, 1.82) is 0 Å². The van der Waals surface area contributed by atoms with Gasteiger partial charge in [-0.3, -0.25) is 0 Å². The van der Waals surface area contributed by atoms with Crippen molar-refractivity contribution in [3.63, 3.8) is 0 Å². The summed E-state index contributed by atoms with van der Waals surface area (Å²) in [7, 11) is -1.93. The molecule has 3 aliphatic heterocycles. The van der Waals surface area contributed by atoms with Crippen LogP contribution in [0.5, 0.6) is 5.75 Å². The largest absolute Gasteiger partial charge is 0.496 e. The Bertz CT molecular complexity index is 980. The van der Waals surface area contributed by atoms with Crippen LogP contribution in [0.4, 0.5) is 5.82 Å². The number of hydrogen-bond acceptors (Lipinski definition) is 6. The van der Waals surface area contributed by atoms with Crippen molar-refractivity contribution < 1.29 is 13.2 Å². The van der Waals surface area contributed by atoms with Gasteiger partial charge in [-0.05, 0) is 51.0 Å². The number of ether oxygens (including phenoxy) is 1. The normalized spacial score (nSPS) is 22.4. The number of piperazine rings is 1. The van der Waals surface area contributed by atoms with Crippen molar-refractivity contribution in [2.75, 3.05) is 25.1 Å². The number of sulfonamides is 1. The maximum atomic E-state index is 13.2. The highest BCUT2D eigenvalue weighted by molar-refractivity contribution is 7.89. The van der Waals surface area contributed by atoms with E-state index in [-0.39, 0.29) is 12.1 Å². The molecule has 1 aromatic heterocycles. The number of nitrogens with zero attached hydrogens (tertiary/aromatic N) is 4. The van der Waals surface area contributed by atoms with E-state index in [2.05, 4.69) is 14.9 Å². The van der Waals surface area contributed by atoms with Crippen molar-refractivity contribution in [3.8, 4) is 5.75 Å². The number of methoxy groups -OCH3 is 1. The Kier molecular flexibility index (Phi) is 4.35. The van der Waals surface area contributed by atoms with E-state index in [1.54, 1.807) is 35.9 Å². The van der Waals surface area contributed by atoms with Crippen molar-refractivity contribution in [2.24, 2.45) is 0 Å². The van der Waals surface area contributed by atoms with E-state index in [1.165, 1.54) is 0 Å². The third kappa shape index (κ3) is 2.87. The van der Waals surface area contributed by atoms with Gasteiger partial charge in [0.05, 0.1) is 12.0 Å². The Balaban J connectivity index is 1.58. The summed E-state index contributed by atoms with van der Waals surface area (Å²) in [6, 6.07) is 5.00. The van der Waals surface area contributed by atoms with Gasteiger partial charge in [-0.2, -0.15) is 4.31 Å². The SMILES string of the molecule is COc1ccc(S(=O)(=O)N2C3CC2CN(c2ncnc(C)c2C)C3)cc1C. The molecule has 0 spiro atoms. The zero-order valence-electron chi connectivity index (χ0n) is 16.0. The summed E-state index contributed by atoms with van der Waals surface area (Å²) in [4.78, 5) is 11.2. The molecule has 0 saturated carbocycles. The summed E-state index contributed by atoms with van der Waals surface area (Å²) < 4.78 is 33.3. The average Bonchev–Trinajstić information content (AvgIpc) is 2.63. The predicted molar refractivity (Wildman–Crippen MR) is 103 cm³/mol. The van der Waals surface area contributed by atoms with E-state index in [0.717, 1.165) is 29.1 Å². The first-order valence-corrected chi connectivity index (χ1v) is 10.5. The molecular formula is C19H24N4O3S. The number of aryl methyl sites for hydroxylation is 2. The van der Waals surface area contributed by atoms with E-state index in [0.29, 0.717) is 23.7 Å². The number of fused-ring (bicyclic) bond motifs is 2.